The molecule has 4 heterocycles. The van der Waals surface area contributed by atoms with Crippen LogP contribution in [0.5, 0.6) is 0 Å². The fourth-order valence-electron chi connectivity index (χ4n) is 4.85. The van der Waals surface area contributed by atoms with Gasteiger partial charge >= 0.3 is 0 Å². The van der Waals surface area contributed by atoms with Crippen molar-refractivity contribution in [1.29, 1.82) is 0 Å². The van der Waals surface area contributed by atoms with Gasteiger partial charge in [-0.25, -0.2) is 0 Å². The maximum Gasteiger partial charge on any atom is 0.262 e. The summed E-state index contributed by atoms with van der Waals surface area (Å²) < 4.78 is 12.0. The largest absolute Gasteiger partial charge is 0.376 e. The molecule has 170 valence electrons. The first-order chi connectivity index (χ1) is 15.5. The van der Waals surface area contributed by atoms with Gasteiger partial charge in [0.15, 0.2) is 0 Å². The van der Waals surface area contributed by atoms with Crippen molar-refractivity contribution < 1.29 is 28.7 Å². The van der Waals surface area contributed by atoms with Crippen molar-refractivity contribution in [2.24, 2.45) is 0 Å². The number of nitrogens with zero attached hydrogens (tertiary/aromatic N) is 1. The van der Waals surface area contributed by atoms with Crippen molar-refractivity contribution in [3.8, 4) is 0 Å². The van der Waals surface area contributed by atoms with Crippen LogP contribution in [0, 0.1) is 0 Å². The minimum atomic E-state index is -0.956. The van der Waals surface area contributed by atoms with Crippen LogP contribution in [0.1, 0.15) is 45.5 Å². The number of piperidine rings is 1. The molecular formula is C22H26N4O6. The molecule has 0 aromatic heterocycles. The summed E-state index contributed by atoms with van der Waals surface area (Å²) in [5, 5.41) is 8.87. The van der Waals surface area contributed by atoms with Gasteiger partial charge in [-0.3, -0.25) is 29.4 Å². The molecule has 3 fully saturated rings. The van der Waals surface area contributed by atoms with Gasteiger partial charge in [0.25, 0.3) is 11.8 Å². The zero-order valence-electron chi connectivity index (χ0n) is 17.6. The zero-order valence-corrected chi connectivity index (χ0v) is 17.6. The second-order valence-electron chi connectivity index (χ2n) is 8.82. The Labute approximate surface area is 185 Å². The molecule has 1 spiro atoms. The first-order valence-corrected chi connectivity index (χ1v) is 11.0. The average molecular weight is 442 g/mol. The van der Waals surface area contributed by atoms with Gasteiger partial charge in [-0.15, -0.1) is 0 Å². The van der Waals surface area contributed by atoms with Gasteiger partial charge in [0.1, 0.15) is 11.6 Å². The number of carbonyl (C=O) groups excluding carboxylic acids is 4. The average Bonchev–Trinajstić information content (AvgIpc) is 3.31. The lowest BCUT2D eigenvalue weighted by Crippen LogP contribution is -2.54. The van der Waals surface area contributed by atoms with Gasteiger partial charge in [0.2, 0.25) is 11.8 Å². The molecule has 10 heteroatoms. The standard InChI is InChI=1S/C22H26N4O6/c27-18-4-3-17(19(28)25-18)26-20(29)15-2-1-13(7-16(15)21(26)30)8-24-9-14-10-31-12-22(32-14)5-6-23-11-22/h1-2,7,14,17,23-24H,3-6,8-12H2,(H,25,27,28). The quantitative estimate of drug-likeness (QED) is 0.513. The minimum absolute atomic E-state index is 0.0516. The molecule has 0 radical (unpaired) electrons. The number of hydrogen-bond acceptors (Lipinski definition) is 8. The normalized spacial score (nSPS) is 30.2. The van der Waals surface area contributed by atoms with Crippen LogP contribution in [0.15, 0.2) is 18.2 Å². The molecular weight excluding hydrogens is 416 g/mol. The highest BCUT2D eigenvalue weighted by Crippen LogP contribution is 2.29. The van der Waals surface area contributed by atoms with E-state index < -0.39 is 29.7 Å². The van der Waals surface area contributed by atoms with E-state index in [-0.39, 0.29) is 35.7 Å². The van der Waals surface area contributed by atoms with Crippen molar-refractivity contribution in [2.75, 3.05) is 32.8 Å². The molecule has 0 saturated carbocycles. The molecule has 3 N–H and O–H groups in total. The van der Waals surface area contributed by atoms with Crippen molar-refractivity contribution in [2.45, 2.75) is 43.6 Å². The number of ether oxygens (including phenoxy) is 2. The molecule has 3 atom stereocenters. The molecule has 1 aromatic carbocycles. The van der Waals surface area contributed by atoms with E-state index in [4.69, 9.17) is 9.47 Å². The van der Waals surface area contributed by atoms with Gasteiger partial charge in [-0.1, -0.05) is 6.07 Å². The molecule has 5 rings (SSSR count). The molecule has 32 heavy (non-hydrogen) atoms. The van der Waals surface area contributed by atoms with E-state index in [1.807, 2.05) is 0 Å². The fourth-order valence-corrected chi connectivity index (χ4v) is 4.85. The maximum atomic E-state index is 12.9. The first-order valence-electron chi connectivity index (χ1n) is 11.0. The third-order valence-corrected chi connectivity index (χ3v) is 6.50. The fraction of sp³-hybridized carbons (Fsp3) is 0.545. The van der Waals surface area contributed by atoms with E-state index in [0.29, 0.717) is 26.3 Å². The Morgan fingerprint density at radius 2 is 2.00 bits per heavy atom. The Hall–Kier alpha value is -2.66. The number of imide groups is 2. The second kappa shape index (κ2) is 8.36. The van der Waals surface area contributed by atoms with Crippen LogP contribution in [-0.2, 0) is 25.6 Å². The van der Waals surface area contributed by atoms with E-state index >= 15 is 0 Å². The summed E-state index contributed by atoms with van der Waals surface area (Å²) in [6.45, 7) is 3.98. The van der Waals surface area contributed by atoms with E-state index in [9.17, 15) is 19.2 Å². The van der Waals surface area contributed by atoms with Crippen LogP contribution in [0.2, 0.25) is 0 Å². The number of benzene rings is 1. The Balaban J connectivity index is 1.21. The summed E-state index contributed by atoms with van der Waals surface area (Å²) in [4.78, 5) is 50.3. The number of amides is 4. The van der Waals surface area contributed by atoms with Crippen LogP contribution in [-0.4, -0.2) is 79.1 Å². The van der Waals surface area contributed by atoms with Crippen LogP contribution >= 0.6 is 0 Å². The van der Waals surface area contributed by atoms with Crippen molar-refractivity contribution >= 4 is 23.6 Å². The first kappa shape index (κ1) is 21.2. The topological polar surface area (TPSA) is 126 Å². The predicted octanol–water partition coefficient (Wildman–Crippen LogP) is -0.675. The molecule has 0 aliphatic carbocycles. The van der Waals surface area contributed by atoms with E-state index in [0.717, 1.165) is 30.0 Å². The highest BCUT2D eigenvalue weighted by molar-refractivity contribution is 6.23. The molecule has 3 saturated heterocycles. The van der Waals surface area contributed by atoms with Crippen LogP contribution in [0.3, 0.4) is 0 Å². The molecule has 0 bridgehead atoms. The summed E-state index contributed by atoms with van der Waals surface area (Å²) in [6.07, 6.45) is 1.13. The lowest BCUT2D eigenvalue weighted by molar-refractivity contribution is -0.187. The highest BCUT2D eigenvalue weighted by Gasteiger charge is 2.44. The lowest BCUT2D eigenvalue weighted by atomic mass is 10.0. The van der Waals surface area contributed by atoms with E-state index in [1.165, 1.54) is 0 Å². The highest BCUT2D eigenvalue weighted by atomic mass is 16.6. The van der Waals surface area contributed by atoms with Crippen LogP contribution in [0.4, 0.5) is 0 Å². The SMILES string of the molecule is O=C1CCC(N2C(=O)c3ccc(CNCC4COCC5(CCNC5)O4)cc3C2=O)C(=O)N1. The molecule has 4 aliphatic rings. The number of rotatable bonds is 5. The van der Waals surface area contributed by atoms with Gasteiger partial charge in [0.05, 0.1) is 30.4 Å². The van der Waals surface area contributed by atoms with Gasteiger partial charge in [0, 0.05) is 26.1 Å². The molecule has 4 amide bonds. The summed E-state index contributed by atoms with van der Waals surface area (Å²) in [6, 6.07) is 4.15. The Morgan fingerprint density at radius 1 is 1.16 bits per heavy atom. The second-order valence-corrected chi connectivity index (χ2v) is 8.82. The molecule has 3 unspecified atom stereocenters. The van der Waals surface area contributed by atoms with E-state index in [1.54, 1.807) is 18.2 Å². The maximum absolute atomic E-state index is 12.9. The third kappa shape index (κ3) is 3.83. The summed E-state index contributed by atoms with van der Waals surface area (Å²) in [7, 11) is 0. The van der Waals surface area contributed by atoms with Gasteiger partial charge in [-0.2, -0.15) is 0 Å². The lowest BCUT2D eigenvalue weighted by Gasteiger charge is -2.38. The van der Waals surface area contributed by atoms with Crippen molar-refractivity contribution in [3.63, 3.8) is 0 Å². The van der Waals surface area contributed by atoms with Gasteiger partial charge < -0.3 is 20.1 Å². The number of hydrogen-bond donors (Lipinski definition) is 3. The van der Waals surface area contributed by atoms with Crippen molar-refractivity contribution in [3.05, 3.63) is 34.9 Å². The number of fused-ring (bicyclic) bond motifs is 1. The monoisotopic (exact) mass is 442 g/mol. The van der Waals surface area contributed by atoms with Gasteiger partial charge in [-0.05, 0) is 37.1 Å². The van der Waals surface area contributed by atoms with Crippen LogP contribution in [0.25, 0.3) is 0 Å². The molecule has 1 aromatic rings. The summed E-state index contributed by atoms with van der Waals surface area (Å²) in [5.41, 5.74) is 1.18. The summed E-state index contributed by atoms with van der Waals surface area (Å²) >= 11 is 0. The third-order valence-electron chi connectivity index (χ3n) is 6.50. The van der Waals surface area contributed by atoms with Crippen molar-refractivity contribution in [1.82, 2.24) is 20.9 Å². The Bertz CT molecular complexity index is 973. The number of nitrogens with one attached hydrogen (secondary N) is 3. The Morgan fingerprint density at radius 3 is 2.78 bits per heavy atom. The molecule has 4 aliphatic heterocycles. The minimum Gasteiger partial charge on any atom is -0.376 e. The smallest absolute Gasteiger partial charge is 0.262 e. The summed E-state index contributed by atoms with van der Waals surface area (Å²) in [5.74, 6) is -2.00. The molecule has 10 nitrogen and oxygen atoms in total. The number of carbonyl (C=O) groups is 4. The predicted molar refractivity (Wildman–Crippen MR) is 111 cm³/mol. The van der Waals surface area contributed by atoms with Crippen LogP contribution < -0.4 is 16.0 Å². The van der Waals surface area contributed by atoms with E-state index in [2.05, 4.69) is 16.0 Å². The Kier molecular flexibility index (Phi) is 5.54. The zero-order chi connectivity index (χ0) is 22.3.